The Balaban J connectivity index is 1.76. The zero-order valence-corrected chi connectivity index (χ0v) is 17.9. The molecule has 3 aromatic rings. The van der Waals surface area contributed by atoms with Crippen LogP contribution in [0.2, 0.25) is 0 Å². The van der Waals surface area contributed by atoms with Crippen LogP contribution in [0.3, 0.4) is 0 Å². The van der Waals surface area contributed by atoms with Crippen molar-refractivity contribution < 1.29 is 17.9 Å². The van der Waals surface area contributed by atoms with E-state index >= 15 is 0 Å². The van der Waals surface area contributed by atoms with Crippen LogP contribution in [-0.2, 0) is 14.8 Å². The fourth-order valence-electron chi connectivity index (χ4n) is 4.45. The second-order valence-electron chi connectivity index (χ2n) is 7.81. The Bertz CT molecular complexity index is 1180. The highest BCUT2D eigenvalue weighted by Gasteiger charge is 2.41. The molecule has 0 unspecified atom stereocenters. The molecule has 4 rings (SSSR count). The first-order valence-corrected chi connectivity index (χ1v) is 11.5. The van der Waals surface area contributed by atoms with Crippen LogP contribution < -0.4 is 4.74 Å². The largest absolute Gasteiger partial charge is 0.496 e. The molecule has 1 heterocycles. The smallest absolute Gasteiger partial charge is 0.243 e. The van der Waals surface area contributed by atoms with E-state index in [1.165, 1.54) is 4.31 Å². The van der Waals surface area contributed by atoms with Crippen LogP contribution in [0.4, 0.5) is 0 Å². The minimum Gasteiger partial charge on any atom is -0.496 e. The van der Waals surface area contributed by atoms with Gasteiger partial charge in [0.1, 0.15) is 12.0 Å². The normalized spacial score (nSPS) is 19.8. The molecule has 0 aromatic heterocycles. The van der Waals surface area contributed by atoms with Gasteiger partial charge in [0.05, 0.1) is 12.0 Å². The van der Waals surface area contributed by atoms with Crippen LogP contribution in [0, 0.1) is 12.8 Å². The number of sulfonamides is 1. The zero-order chi connectivity index (χ0) is 21.3. The molecule has 1 aliphatic heterocycles. The summed E-state index contributed by atoms with van der Waals surface area (Å²) >= 11 is 0. The molecule has 5 nitrogen and oxygen atoms in total. The maximum atomic E-state index is 13.6. The average Bonchev–Trinajstić information content (AvgIpc) is 3.18. The maximum absolute atomic E-state index is 13.6. The number of hydrogen-bond donors (Lipinski definition) is 0. The van der Waals surface area contributed by atoms with Gasteiger partial charge in [-0.15, -0.1) is 0 Å². The molecule has 1 fully saturated rings. The molecule has 3 aromatic carbocycles. The van der Waals surface area contributed by atoms with Crippen molar-refractivity contribution in [1.82, 2.24) is 4.31 Å². The molecular formula is C24H25NO4S. The number of rotatable bonds is 6. The highest BCUT2D eigenvalue weighted by molar-refractivity contribution is 7.89. The molecule has 6 heteroatoms. The first kappa shape index (κ1) is 20.6. The van der Waals surface area contributed by atoms with E-state index in [2.05, 4.69) is 0 Å². The van der Waals surface area contributed by atoms with Crippen LogP contribution in [-0.4, -0.2) is 39.2 Å². The Kier molecular flexibility index (Phi) is 5.62. The van der Waals surface area contributed by atoms with Crippen molar-refractivity contribution in [3.05, 3.63) is 71.8 Å². The van der Waals surface area contributed by atoms with Crippen molar-refractivity contribution in [2.24, 2.45) is 5.92 Å². The van der Waals surface area contributed by atoms with Gasteiger partial charge in [0.2, 0.25) is 10.0 Å². The summed E-state index contributed by atoms with van der Waals surface area (Å²) < 4.78 is 34.3. The van der Waals surface area contributed by atoms with E-state index in [9.17, 15) is 13.2 Å². The molecule has 0 radical (unpaired) electrons. The number of carbonyl (C=O) groups is 1. The quantitative estimate of drug-likeness (QED) is 0.559. The number of benzene rings is 3. The number of fused-ring (bicyclic) bond motifs is 1. The molecule has 0 saturated carbocycles. The van der Waals surface area contributed by atoms with E-state index in [1.807, 2.05) is 55.5 Å². The van der Waals surface area contributed by atoms with E-state index in [4.69, 9.17) is 4.74 Å². The Morgan fingerprint density at radius 3 is 2.60 bits per heavy atom. The lowest BCUT2D eigenvalue weighted by atomic mass is 9.86. The Hall–Kier alpha value is -2.70. The molecule has 0 amide bonds. The second-order valence-corrected chi connectivity index (χ2v) is 9.72. The zero-order valence-electron chi connectivity index (χ0n) is 17.1. The fourth-order valence-corrected chi connectivity index (χ4v) is 6.18. The van der Waals surface area contributed by atoms with Crippen LogP contribution in [0.25, 0.3) is 10.8 Å². The van der Waals surface area contributed by atoms with E-state index < -0.39 is 10.0 Å². The summed E-state index contributed by atoms with van der Waals surface area (Å²) in [5, 5.41) is 1.60. The van der Waals surface area contributed by atoms with Gasteiger partial charge in [-0.05, 0) is 35.9 Å². The Morgan fingerprint density at radius 2 is 1.83 bits per heavy atom. The minimum atomic E-state index is -3.71. The molecule has 0 spiro atoms. The van der Waals surface area contributed by atoms with Crippen molar-refractivity contribution in [1.29, 1.82) is 0 Å². The lowest BCUT2D eigenvalue weighted by Gasteiger charge is -2.20. The standard InChI is InChI=1S/C24H25NO4S/c1-17-10-11-23(29-2)21(14-17)22-16-25(15-19(22)12-13-26)30(27,28)24-9-5-7-18-6-3-4-8-20(18)24/h3-11,13-14,19,22H,12,15-16H2,1-2H3/t19-,22+/m0/s1. The van der Waals surface area contributed by atoms with Crippen molar-refractivity contribution in [2.45, 2.75) is 24.2 Å². The van der Waals surface area contributed by atoms with Crippen molar-refractivity contribution in [2.75, 3.05) is 20.2 Å². The van der Waals surface area contributed by atoms with Gasteiger partial charge in [-0.3, -0.25) is 0 Å². The van der Waals surface area contributed by atoms with Crippen LogP contribution in [0.1, 0.15) is 23.5 Å². The SMILES string of the molecule is COc1ccc(C)cc1[C@@H]1CN(S(=O)(=O)c2cccc3ccccc23)C[C@@H]1CC=O. The summed E-state index contributed by atoms with van der Waals surface area (Å²) in [5.41, 5.74) is 2.03. The van der Waals surface area contributed by atoms with E-state index in [0.29, 0.717) is 29.8 Å². The number of aldehydes is 1. The van der Waals surface area contributed by atoms with Gasteiger partial charge in [0, 0.05) is 30.8 Å². The van der Waals surface area contributed by atoms with Gasteiger partial charge < -0.3 is 9.53 Å². The topological polar surface area (TPSA) is 63.7 Å². The molecule has 0 aliphatic carbocycles. The van der Waals surface area contributed by atoms with E-state index in [0.717, 1.165) is 28.5 Å². The van der Waals surface area contributed by atoms with Crippen LogP contribution >= 0.6 is 0 Å². The molecule has 0 N–H and O–H groups in total. The predicted octanol–water partition coefficient (Wildman–Crippen LogP) is 4.15. The van der Waals surface area contributed by atoms with Gasteiger partial charge in [-0.1, -0.05) is 54.1 Å². The third kappa shape index (κ3) is 3.61. The number of nitrogens with zero attached hydrogens (tertiary/aromatic N) is 1. The predicted molar refractivity (Wildman–Crippen MR) is 117 cm³/mol. The van der Waals surface area contributed by atoms with Crippen molar-refractivity contribution in [3.63, 3.8) is 0 Å². The molecular weight excluding hydrogens is 398 g/mol. The van der Waals surface area contributed by atoms with E-state index in [-0.39, 0.29) is 11.8 Å². The summed E-state index contributed by atoms with van der Waals surface area (Å²) in [6.45, 7) is 2.63. The molecule has 0 bridgehead atoms. The summed E-state index contributed by atoms with van der Waals surface area (Å²) in [6, 6.07) is 18.7. The van der Waals surface area contributed by atoms with Gasteiger partial charge in [0.25, 0.3) is 0 Å². The van der Waals surface area contributed by atoms with Gasteiger partial charge in [0.15, 0.2) is 0 Å². The van der Waals surface area contributed by atoms with Gasteiger partial charge in [-0.25, -0.2) is 8.42 Å². The molecule has 2 atom stereocenters. The second kappa shape index (κ2) is 8.20. The van der Waals surface area contributed by atoms with Gasteiger partial charge >= 0.3 is 0 Å². The maximum Gasteiger partial charge on any atom is 0.243 e. The number of methoxy groups -OCH3 is 1. The Morgan fingerprint density at radius 1 is 1.07 bits per heavy atom. The fraction of sp³-hybridized carbons (Fsp3) is 0.292. The first-order valence-electron chi connectivity index (χ1n) is 10.0. The van der Waals surface area contributed by atoms with E-state index in [1.54, 1.807) is 19.2 Å². The highest BCUT2D eigenvalue weighted by Crippen LogP contribution is 2.41. The summed E-state index contributed by atoms with van der Waals surface area (Å²) in [4.78, 5) is 11.7. The number of aryl methyl sites for hydroxylation is 1. The molecule has 1 saturated heterocycles. The highest BCUT2D eigenvalue weighted by atomic mass is 32.2. The minimum absolute atomic E-state index is 0.0945. The Labute approximate surface area is 177 Å². The third-order valence-electron chi connectivity index (χ3n) is 5.96. The summed E-state index contributed by atoms with van der Waals surface area (Å²) in [6.07, 6.45) is 1.19. The van der Waals surface area contributed by atoms with Crippen LogP contribution in [0.15, 0.2) is 65.6 Å². The molecule has 156 valence electrons. The third-order valence-corrected chi connectivity index (χ3v) is 7.85. The summed E-state index contributed by atoms with van der Waals surface area (Å²) in [5.74, 6) is 0.531. The molecule has 1 aliphatic rings. The first-order chi connectivity index (χ1) is 14.5. The molecule has 30 heavy (non-hydrogen) atoms. The van der Waals surface area contributed by atoms with Crippen LogP contribution in [0.5, 0.6) is 5.75 Å². The van der Waals surface area contributed by atoms with Crippen molar-refractivity contribution >= 4 is 27.1 Å². The lowest BCUT2D eigenvalue weighted by molar-refractivity contribution is -0.108. The van der Waals surface area contributed by atoms with Gasteiger partial charge in [-0.2, -0.15) is 4.31 Å². The number of carbonyl (C=O) groups excluding carboxylic acids is 1. The average molecular weight is 424 g/mol. The number of hydrogen-bond acceptors (Lipinski definition) is 4. The number of ether oxygens (including phenoxy) is 1. The lowest BCUT2D eigenvalue weighted by Crippen LogP contribution is -2.29. The monoisotopic (exact) mass is 423 g/mol. The van der Waals surface area contributed by atoms with Crippen molar-refractivity contribution in [3.8, 4) is 5.75 Å². The summed E-state index contributed by atoms with van der Waals surface area (Å²) in [7, 11) is -2.10.